The number of benzene rings is 1. The standard InChI is InChI=1S/C13H19BrO3/c1-10(2)11-3-4-13(12(14)9-11)17-8-7-16-6-5-15/h3-4,9-10,15H,5-8H2,1-2H3. The molecule has 0 aliphatic rings. The van der Waals surface area contributed by atoms with E-state index in [2.05, 4.69) is 41.9 Å². The number of rotatable bonds is 7. The lowest BCUT2D eigenvalue weighted by atomic mass is 10.0. The van der Waals surface area contributed by atoms with Crippen molar-refractivity contribution in [3.63, 3.8) is 0 Å². The average molecular weight is 303 g/mol. The van der Waals surface area contributed by atoms with E-state index >= 15 is 0 Å². The van der Waals surface area contributed by atoms with Crippen molar-refractivity contribution < 1.29 is 14.6 Å². The molecule has 96 valence electrons. The highest BCUT2D eigenvalue weighted by Crippen LogP contribution is 2.28. The van der Waals surface area contributed by atoms with Gasteiger partial charge in [-0.05, 0) is 39.5 Å². The van der Waals surface area contributed by atoms with Gasteiger partial charge in [0.25, 0.3) is 0 Å². The Labute approximate surface area is 111 Å². The summed E-state index contributed by atoms with van der Waals surface area (Å²) in [6.07, 6.45) is 0. The lowest BCUT2D eigenvalue weighted by molar-refractivity contribution is 0.0703. The Morgan fingerprint density at radius 3 is 2.59 bits per heavy atom. The Kier molecular flexibility index (Phi) is 6.55. The Hall–Kier alpha value is -0.580. The number of ether oxygens (including phenoxy) is 2. The summed E-state index contributed by atoms with van der Waals surface area (Å²) in [5, 5.41) is 8.54. The van der Waals surface area contributed by atoms with Gasteiger partial charge in [0, 0.05) is 0 Å². The third-order valence-corrected chi connectivity index (χ3v) is 2.96. The summed E-state index contributed by atoms with van der Waals surface area (Å²) in [7, 11) is 0. The summed E-state index contributed by atoms with van der Waals surface area (Å²) < 4.78 is 11.6. The zero-order chi connectivity index (χ0) is 12.7. The van der Waals surface area contributed by atoms with E-state index in [0.717, 1.165) is 10.2 Å². The summed E-state index contributed by atoms with van der Waals surface area (Å²) >= 11 is 3.49. The molecule has 0 aromatic heterocycles. The predicted molar refractivity (Wildman–Crippen MR) is 71.6 cm³/mol. The number of hydrogen-bond acceptors (Lipinski definition) is 3. The molecule has 0 bridgehead atoms. The minimum absolute atomic E-state index is 0.0484. The van der Waals surface area contributed by atoms with Gasteiger partial charge in [-0.3, -0.25) is 0 Å². The minimum atomic E-state index is 0.0484. The van der Waals surface area contributed by atoms with Crippen LogP contribution >= 0.6 is 15.9 Å². The van der Waals surface area contributed by atoms with Gasteiger partial charge in [-0.1, -0.05) is 19.9 Å². The molecule has 0 atom stereocenters. The van der Waals surface area contributed by atoms with Crippen LogP contribution in [0.25, 0.3) is 0 Å². The topological polar surface area (TPSA) is 38.7 Å². The second-order valence-corrected chi connectivity index (χ2v) is 4.88. The van der Waals surface area contributed by atoms with Crippen LogP contribution in [0.15, 0.2) is 22.7 Å². The maximum Gasteiger partial charge on any atom is 0.133 e. The summed E-state index contributed by atoms with van der Waals surface area (Å²) in [4.78, 5) is 0. The van der Waals surface area contributed by atoms with E-state index in [1.54, 1.807) is 0 Å². The van der Waals surface area contributed by atoms with Gasteiger partial charge in [0.2, 0.25) is 0 Å². The third kappa shape index (κ3) is 5.06. The summed E-state index contributed by atoms with van der Waals surface area (Å²) in [5.41, 5.74) is 1.28. The van der Waals surface area contributed by atoms with Crippen molar-refractivity contribution >= 4 is 15.9 Å². The summed E-state index contributed by atoms with van der Waals surface area (Å²) in [6, 6.07) is 6.11. The van der Waals surface area contributed by atoms with Crippen LogP contribution in [0.3, 0.4) is 0 Å². The molecule has 3 nitrogen and oxygen atoms in total. The fraction of sp³-hybridized carbons (Fsp3) is 0.538. The molecule has 1 aromatic rings. The van der Waals surface area contributed by atoms with Crippen LogP contribution in [-0.2, 0) is 4.74 Å². The van der Waals surface area contributed by atoms with Crippen LogP contribution in [0.5, 0.6) is 5.75 Å². The van der Waals surface area contributed by atoms with Crippen LogP contribution in [0.4, 0.5) is 0 Å². The lowest BCUT2D eigenvalue weighted by Gasteiger charge is -2.11. The minimum Gasteiger partial charge on any atom is -0.490 e. The molecule has 0 saturated carbocycles. The smallest absolute Gasteiger partial charge is 0.133 e. The van der Waals surface area contributed by atoms with E-state index in [0.29, 0.717) is 25.7 Å². The summed E-state index contributed by atoms with van der Waals surface area (Å²) in [6.45, 7) is 5.69. The van der Waals surface area contributed by atoms with Gasteiger partial charge in [0.15, 0.2) is 0 Å². The van der Waals surface area contributed by atoms with Gasteiger partial charge in [0.1, 0.15) is 12.4 Å². The number of halogens is 1. The lowest BCUT2D eigenvalue weighted by Crippen LogP contribution is -2.09. The van der Waals surface area contributed by atoms with Crippen molar-refractivity contribution in [3.05, 3.63) is 28.2 Å². The predicted octanol–water partition coefficient (Wildman–Crippen LogP) is 2.96. The average Bonchev–Trinajstić information content (AvgIpc) is 2.30. The Morgan fingerprint density at radius 2 is 2.00 bits per heavy atom. The van der Waals surface area contributed by atoms with Crippen LogP contribution < -0.4 is 4.74 Å². The molecule has 0 heterocycles. The van der Waals surface area contributed by atoms with Crippen LogP contribution in [-0.4, -0.2) is 31.5 Å². The van der Waals surface area contributed by atoms with Crippen molar-refractivity contribution in [1.82, 2.24) is 0 Å². The Morgan fingerprint density at radius 1 is 1.24 bits per heavy atom. The molecular weight excluding hydrogens is 284 g/mol. The van der Waals surface area contributed by atoms with Crippen molar-refractivity contribution in [3.8, 4) is 5.75 Å². The molecule has 1 aromatic carbocycles. The first kappa shape index (κ1) is 14.5. The molecule has 1 N–H and O–H groups in total. The van der Waals surface area contributed by atoms with E-state index in [9.17, 15) is 0 Å². The van der Waals surface area contributed by atoms with Crippen LogP contribution in [0, 0.1) is 0 Å². The fourth-order valence-corrected chi connectivity index (χ4v) is 1.88. The number of hydrogen-bond donors (Lipinski definition) is 1. The van der Waals surface area contributed by atoms with Crippen molar-refractivity contribution in [2.24, 2.45) is 0 Å². The molecule has 0 aliphatic carbocycles. The normalized spacial score (nSPS) is 10.9. The number of aliphatic hydroxyl groups is 1. The van der Waals surface area contributed by atoms with Crippen LogP contribution in [0.1, 0.15) is 25.3 Å². The van der Waals surface area contributed by atoms with Crippen LogP contribution in [0.2, 0.25) is 0 Å². The highest BCUT2D eigenvalue weighted by Gasteiger charge is 2.05. The van der Waals surface area contributed by atoms with Gasteiger partial charge < -0.3 is 14.6 Å². The van der Waals surface area contributed by atoms with Crippen molar-refractivity contribution in [2.45, 2.75) is 19.8 Å². The Balaban J connectivity index is 2.43. The third-order valence-electron chi connectivity index (χ3n) is 2.34. The first-order valence-corrected chi connectivity index (χ1v) is 6.55. The maximum atomic E-state index is 8.54. The molecule has 0 amide bonds. The molecule has 0 unspecified atom stereocenters. The van der Waals surface area contributed by atoms with E-state index < -0.39 is 0 Å². The van der Waals surface area contributed by atoms with E-state index in [4.69, 9.17) is 14.6 Å². The van der Waals surface area contributed by atoms with Gasteiger partial charge in [0.05, 0.1) is 24.3 Å². The molecule has 0 radical (unpaired) electrons. The molecule has 0 spiro atoms. The number of aliphatic hydroxyl groups excluding tert-OH is 1. The van der Waals surface area contributed by atoms with E-state index in [1.807, 2.05) is 6.07 Å². The molecule has 1 rings (SSSR count). The molecule has 0 saturated heterocycles. The van der Waals surface area contributed by atoms with Gasteiger partial charge in [-0.25, -0.2) is 0 Å². The summed E-state index contributed by atoms with van der Waals surface area (Å²) in [5.74, 6) is 1.33. The Bertz CT molecular complexity index is 339. The monoisotopic (exact) mass is 302 g/mol. The van der Waals surface area contributed by atoms with E-state index in [1.165, 1.54) is 5.56 Å². The van der Waals surface area contributed by atoms with Crippen molar-refractivity contribution in [1.29, 1.82) is 0 Å². The fourth-order valence-electron chi connectivity index (χ4n) is 1.37. The quantitative estimate of drug-likeness (QED) is 0.787. The molecule has 0 fully saturated rings. The second-order valence-electron chi connectivity index (χ2n) is 4.03. The first-order chi connectivity index (χ1) is 8.15. The zero-order valence-electron chi connectivity index (χ0n) is 10.3. The molecule has 0 aliphatic heterocycles. The molecule has 4 heteroatoms. The largest absolute Gasteiger partial charge is 0.490 e. The first-order valence-electron chi connectivity index (χ1n) is 5.76. The highest BCUT2D eigenvalue weighted by atomic mass is 79.9. The van der Waals surface area contributed by atoms with Gasteiger partial charge in [-0.15, -0.1) is 0 Å². The molecule has 17 heavy (non-hydrogen) atoms. The van der Waals surface area contributed by atoms with Gasteiger partial charge >= 0.3 is 0 Å². The SMILES string of the molecule is CC(C)c1ccc(OCCOCCO)c(Br)c1. The van der Waals surface area contributed by atoms with Crippen molar-refractivity contribution in [2.75, 3.05) is 26.4 Å². The second kappa shape index (κ2) is 7.69. The molecular formula is C13H19BrO3. The van der Waals surface area contributed by atoms with Gasteiger partial charge in [-0.2, -0.15) is 0 Å². The zero-order valence-corrected chi connectivity index (χ0v) is 11.9. The highest BCUT2D eigenvalue weighted by molar-refractivity contribution is 9.10. The van der Waals surface area contributed by atoms with E-state index in [-0.39, 0.29) is 6.61 Å². The maximum absolute atomic E-state index is 8.54.